The standard InChI is InChI=1S/C23H22/c1-15-19-10-9-18-13-16-7-5-6-8-17(16)14-21(18)20(19)11-12-22(15)23(2,3)4/h5-14H,1-4H3. The molecule has 0 aliphatic carbocycles. The van der Waals surface area contributed by atoms with Gasteiger partial charge in [-0.1, -0.05) is 69.3 Å². The van der Waals surface area contributed by atoms with Crippen molar-refractivity contribution in [1.82, 2.24) is 0 Å². The molecule has 0 N–H and O–H groups in total. The van der Waals surface area contributed by atoms with Gasteiger partial charge in [0.1, 0.15) is 0 Å². The van der Waals surface area contributed by atoms with Crippen LogP contribution in [0.4, 0.5) is 0 Å². The first kappa shape index (κ1) is 14.3. The van der Waals surface area contributed by atoms with Gasteiger partial charge in [0.05, 0.1) is 0 Å². The summed E-state index contributed by atoms with van der Waals surface area (Å²) < 4.78 is 0. The summed E-state index contributed by atoms with van der Waals surface area (Å²) in [7, 11) is 0. The van der Waals surface area contributed by atoms with Crippen molar-refractivity contribution in [2.45, 2.75) is 33.1 Å². The first-order valence-electron chi connectivity index (χ1n) is 8.30. The lowest BCUT2D eigenvalue weighted by molar-refractivity contribution is 0.587. The van der Waals surface area contributed by atoms with Crippen molar-refractivity contribution in [3.8, 4) is 0 Å². The summed E-state index contributed by atoms with van der Waals surface area (Å²) in [5.74, 6) is 0. The molecule has 23 heavy (non-hydrogen) atoms. The zero-order chi connectivity index (χ0) is 16.2. The van der Waals surface area contributed by atoms with Gasteiger partial charge in [0.25, 0.3) is 0 Å². The van der Waals surface area contributed by atoms with E-state index in [4.69, 9.17) is 0 Å². The van der Waals surface area contributed by atoms with Crippen LogP contribution in [-0.2, 0) is 5.41 Å². The SMILES string of the molecule is Cc1c(C(C)(C)C)ccc2c1ccc1cc3ccccc3cc12. The van der Waals surface area contributed by atoms with E-state index in [1.54, 1.807) is 0 Å². The molecule has 0 spiro atoms. The molecule has 0 bridgehead atoms. The molecule has 0 heteroatoms. The Hall–Kier alpha value is -2.34. The van der Waals surface area contributed by atoms with Gasteiger partial charge in [0.15, 0.2) is 0 Å². The molecule has 0 amide bonds. The highest BCUT2D eigenvalue weighted by molar-refractivity contribution is 6.12. The van der Waals surface area contributed by atoms with Gasteiger partial charge in [-0.05, 0) is 67.9 Å². The van der Waals surface area contributed by atoms with Gasteiger partial charge in [-0.25, -0.2) is 0 Å². The maximum Gasteiger partial charge on any atom is -0.00989 e. The zero-order valence-corrected chi connectivity index (χ0v) is 14.3. The summed E-state index contributed by atoms with van der Waals surface area (Å²) in [5, 5.41) is 8.02. The van der Waals surface area contributed by atoms with Crippen molar-refractivity contribution < 1.29 is 0 Å². The van der Waals surface area contributed by atoms with Crippen LogP contribution in [0.3, 0.4) is 0 Å². The number of hydrogen-bond acceptors (Lipinski definition) is 0. The molecule has 4 aromatic rings. The monoisotopic (exact) mass is 298 g/mol. The Balaban J connectivity index is 2.12. The predicted octanol–water partition coefficient (Wildman–Crippen LogP) is 6.75. The van der Waals surface area contributed by atoms with Crippen molar-refractivity contribution in [2.75, 3.05) is 0 Å². The maximum absolute atomic E-state index is 2.34. The summed E-state index contributed by atoms with van der Waals surface area (Å²) in [5.41, 5.74) is 3.02. The van der Waals surface area contributed by atoms with E-state index in [0.717, 1.165) is 0 Å². The van der Waals surface area contributed by atoms with Gasteiger partial charge in [-0.2, -0.15) is 0 Å². The van der Waals surface area contributed by atoms with E-state index in [2.05, 4.69) is 88.4 Å². The molecule has 114 valence electrons. The van der Waals surface area contributed by atoms with Crippen molar-refractivity contribution in [3.63, 3.8) is 0 Å². The Kier molecular flexibility index (Phi) is 2.99. The van der Waals surface area contributed by atoms with Crippen LogP contribution in [0.1, 0.15) is 31.9 Å². The van der Waals surface area contributed by atoms with Crippen LogP contribution in [-0.4, -0.2) is 0 Å². The summed E-state index contributed by atoms with van der Waals surface area (Å²) in [6.45, 7) is 9.12. The molecular weight excluding hydrogens is 276 g/mol. The molecular formula is C23H22. The summed E-state index contributed by atoms with van der Waals surface area (Å²) >= 11 is 0. The fourth-order valence-electron chi connectivity index (χ4n) is 3.79. The average Bonchev–Trinajstić information content (AvgIpc) is 2.52. The Bertz CT molecular complexity index is 1050. The molecule has 4 aromatic carbocycles. The second kappa shape index (κ2) is 4.83. The third kappa shape index (κ3) is 2.21. The Morgan fingerprint density at radius 1 is 0.609 bits per heavy atom. The third-order valence-electron chi connectivity index (χ3n) is 4.96. The van der Waals surface area contributed by atoms with Gasteiger partial charge in [0.2, 0.25) is 0 Å². The fraction of sp³-hybridized carbons (Fsp3) is 0.217. The number of hydrogen-bond donors (Lipinski definition) is 0. The van der Waals surface area contributed by atoms with E-state index in [0.29, 0.717) is 0 Å². The van der Waals surface area contributed by atoms with Gasteiger partial charge < -0.3 is 0 Å². The van der Waals surface area contributed by atoms with Gasteiger partial charge in [-0.3, -0.25) is 0 Å². The van der Waals surface area contributed by atoms with Crippen molar-refractivity contribution in [3.05, 3.63) is 71.8 Å². The topological polar surface area (TPSA) is 0 Å². The highest BCUT2D eigenvalue weighted by atomic mass is 14.2. The van der Waals surface area contributed by atoms with Crippen LogP contribution in [0, 0.1) is 6.92 Å². The first-order chi connectivity index (χ1) is 10.9. The average molecular weight is 298 g/mol. The molecule has 0 unspecified atom stereocenters. The summed E-state index contributed by atoms with van der Waals surface area (Å²) in [6, 6.07) is 22.4. The summed E-state index contributed by atoms with van der Waals surface area (Å²) in [6.07, 6.45) is 0. The van der Waals surface area contributed by atoms with E-state index in [1.807, 2.05) is 0 Å². The molecule has 0 aliphatic rings. The van der Waals surface area contributed by atoms with Crippen LogP contribution in [0.25, 0.3) is 32.3 Å². The normalized spacial score (nSPS) is 12.3. The van der Waals surface area contributed by atoms with Crippen LogP contribution in [0.5, 0.6) is 0 Å². The van der Waals surface area contributed by atoms with Crippen LogP contribution >= 0.6 is 0 Å². The first-order valence-corrected chi connectivity index (χ1v) is 8.30. The molecule has 0 fully saturated rings. The fourth-order valence-corrected chi connectivity index (χ4v) is 3.79. The predicted molar refractivity (Wildman–Crippen MR) is 102 cm³/mol. The van der Waals surface area contributed by atoms with Crippen molar-refractivity contribution in [1.29, 1.82) is 0 Å². The highest BCUT2D eigenvalue weighted by Gasteiger charge is 2.18. The molecule has 0 nitrogen and oxygen atoms in total. The van der Waals surface area contributed by atoms with E-state index < -0.39 is 0 Å². The Morgan fingerprint density at radius 3 is 1.96 bits per heavy atom. The molecule has 0 aliphatic heterocycles. The maximum atomic E-state index is 2.34. The second-order valence-corrected chi connectivity index (χ2v) is 7.57. The largest absolute Gasteiger partial charge is 0.0616 e. The number of rotatable bonds is 0. The molecule has 0 heterocycles. The minimum absolute atomic E-state index is 0.177. The van der Waals surface area contributed by atoms with E-state index in [-0.39, 0.29) is 5.41 Å². The smallest absolute Gasteiger partial charge is 0.00989 e. The second-order valence-electron chi connectivity index (χ2n) is 7.57. The van der Waals surface area contributed by atoms with Crippen molar-refractivity contribution in [2.24, 2.45) is 0 Å². The lowest BCUT2D eigenvalue weighted by Crippen LogP contribution is -2.13. The summed E-state index contributed by atoms with van der Waals surface area (Å²) in [4.78, 5) is 0. The van der Waals surface area contributed by atoms with E-state index in [1.165, 1.54) is 43.4 Å². The molecule has 0 aromatic heterocycles. The van der Waals surface area contributed by atoms with Crippen LogP contribution in [0.15, 0.2) is 60.7 Å². The van der Waals surface area contributed by atoms with Gasteiger partial charge >= 0.3 is 0 Å². The minimum atomic E-state index is 0.177. The zero-order valence-electron chi connectivity index (χ0n) is 14.3. The molecule has 0 radical (unpaired) electrons. The third-order valence-corrected chi connectivity index (χ3v) is 4.96. The van der Waals surface area contributed by atoms with Crippen molar-refractivity contribution >= 4 is 32.3 Å². The van der Waals surface area contributed by atoms with Crippen LogP contribution < -0.4 is 0 Å². The quantitative estimate of drug-likeness (QED) is 0.249. The molecule has 0 atom stereocenters. The number of aryl methyl sites for hydroxylation is 1. The number of fused-ring (bicyclic) bond motifs is 4. The Labute approximate surface area is 137 Å². The minimum Gasteiger partial charge on any atom is -0.0616 e. The van der Waals surface area contributed by atoms with Gasteiger partial charge in [0, 0.05) is 0 Å². The lowest BCUT2D eigenvalue weighted by atomic mass is 9.82. The number of benzene rings is 4. The van der Waals surface area contributed by atoms with Gasteiger partial charge in [-0.15, -0.1) is 0 Å². The van der Waals surface area contributed by atoms with E-state index in [9.17, 15) is 0 Å². The van der Waals surface area contributed by atoms with E-state index >= 15 is 0 Å². The Morgan fingerprint density at radius 2 is 1.26 bits per heavy atom. The lowest BCUT2D eigenvalue weighted by Gasteiger charge is -2.23. The highest BCUT2D eigenvalue weighted by Crippen LogP contribution is 2.35. The molecule has 4 rings (SSSR count). The molecule has 0 saturated heterocycles. The van der Waals surface area contributed by atoms with Crippen LogP contribution in [0.2, 0.25) is 0 Å². The molecule has 0 saturated carbocycles.